The van der Waals surface area contributed by atoms with Crippen LogP contribution in [0.2, 0.25) is 0 Å². The van der Waals surface area contributed by atoms with Crippen LogP contribution in [-0.2, 0) is 6.54 Å². The fourth-order valence-corrected chi connectivity index (χ4v) is 2.91. The molecule has 0 amide bonds. The van der Waals surface area contributed by atoms with Crippen molar-refractivity contribution in [1.82, 2.24) is 20.4 Å². The summed E-state index contributed by atoms with van der Waals surface area (Å²) in [5.41, 5.74) is 1.17. The zero-order valence-electron chi connectivity index (χ0n) is 18.2. The van der Waals surface area contributed by atoms with Crippen molar-refractivity contribution in [3.63, 3.8) is 0 Å². The van der Waals surface area contributed by atoms with Gasteiger partial charge in [0, 0.05) is 45.3 Å². The topological polar surface area (TPSA) is 52.1 Å². The molecular weight excluding hydrogens is 338 g/mol. The Bertz CT molecular complexity index is 549. The van der Waals surface area contributed by atoms with E-state index in [1.54, 1.807) is 7.05 Å². The van der Waals surface area contributed by atoms with E-state index in [0.717, 1.165) is 31.3 Å². The Morgan fingerprint density at radius 2 is 1.78 bits per heavy atom. The number of hydrogen-bond acceptors (Lipinski definition) is 4. The summed E-state index contributed by atoms with van der Waals surface area (Å²) in [7, 11) is 5.90. The monoisotopic (exact) mass is 377 g/mol. The van der Waals surface area contributed by atoms with Crippen LogP contribution in [0.25, 0.3) is 0 Å². The van der Waals surface area contributed by atoms with Gasteiger partial charge in [-0.15, -0.1) is 0 Å². The molecule has 154 valence electrons. The second-order valence-electron chi connectivity index (χ2n) is 7.58. The number of guanidine groups is 1. The van der Waals surface area contributed by atoms with Crippen molar-refractivity contribution in [2.75, 3.05) is 47.4 Å². The summed E-state index contributed by atoms with van der Waals surface area (Å²) < 4.78 is 5.81. The summed E-state index contributed by atoms with van der Waals surface area (Å²) in [6.45, 7) is 13.1. The van der Waals surface area contributed by atoms with Gasteiger partial charge in [0.1, 0.15) is 12.4 Å². The van der Waals surface area contributed by atoms with Crippen LogP contribution in [-0.4, -0.2) is 75.2 Å². The number of benzene rings is 1. The minimum absolute atomic E-state index is 0.539. The molecule has 0 saturated heterocycles. The lowest BCUT2D eigenvalue weighted by atomic mass is 10.2. The Morgan fingerprint density at radius 1 is 1.07 bits per heavy atom. The summed E-state index contributed by atoms with van der Waals surface area (Å²) >= 11 is 0. The fraction of sp³-hybridized carbons (Fsp3) is 0.667. The molecule has 0 unspecified atom stereocenters. The quantitative estimate of drug-likeness (QED) is 0.458. The van der Waals surface area contributed by atoms with Crippen LogP contribution >= 0.6 is 0 Å². The number of rotatable bonds is 11. The van der Waals surface area contributed by atoms with E-state index >= 15 is 0 Å². The van der Waals surface area contributed by atoms with E-state index < -0.39 is 0 Å². The van der Waals surface area contributed by atoms with E-state index in [1.807, 2.05) is 26.2 Å². The Morgan fingerprint density at radius 3 is 2.37 bits per heavy atom. The van der Waals surface area contributed by atoms with Gasteiger partial charge in [-0.05, 0) is 59.5 Å². The predicted octanol–water partition coefficient (Wildman–Crippen LogP) is 2.41. The SMILES string of the molecule is CN=C(NCCN(C(C)C)C(C)C)NCc1cccc(OCCN(C)C)c1. The molecule has 1 aromatic carbocycles. The molecule has 0 aliphatic rings. The van der Waals surface area contributed by atoms with Gasteiger partial charge in [-0.3, -0.25) is 9.89 Å². The molecule has 6 heteroatoms. The Balaban J connectivity index is 2.44. The van der Waals surface area contributed by atoms with Crippen molar-refractivity contribution >= 4 is 5.96 Å². The van der Waals surface area contributed by atoms with Crippen molar-refractivity contribution in [3.05, 3.63) is 29.8 Å². The highest BCUT2D eigenvalue weighted by Crippen LogP contribution is 2.13. The number of aliphatic imine (C=N–C) groups is 1. The van der Waals surface area contributed by atoms with Gasteiger partial charge < -0.3 is 20.3 Å². The molecule has 27 heavy (non-hydrogen) atoms. The van der Waals surface area contributed by atoms with Crippen LogP contribution in [0, 0.1) is 0 Å². The zero-order valence-corrected chi connectivity index (χ0v) is 18.2. The van der Waals surface area contributed by atoms with Crippen molar-refractivity contribution in [2.24, 2.45) is 4.99 Å². The molecule has 2 N–H and O–H groups in total. The van der Waals surface area contributed by atoms with Gasteiger partial charge in [0.05, 0.1) is 0 Å². The Labute approximate surface area is 166 Å². The summed E-state index contributed by atoms with van der Waals surface area (Å²) in [5.74, 6) is 1.73. The van der Waals surface area contributed by atoms with Gasteiger partial charge in [0.25, 0.3) is 0 Å². The number of nitrogens with zero attached hydrogens (tertiary/aromatic N) is 3. The van der Waals surface area contributed by atoms with Gasteiger partial charge in [-0.25, -0.2) is 0 Å². The number of ether oxygens (including phenoxy) is 1. The highest BCUT2D eigenvalue weighted by atomic mass is 16.5. The lowest BCUT2D eigenvalue weighted by Gasteiger charge is -2.30. The molecular formula is C21H39N5O. The highest BCUT2D eigenvalue weighted by molar-refractivity contribution is 5.79. The first-order valence-electron chi connectivity index (χ1n) is 9.90. The summed E-state index contributed by atoms with van der Waals surface area (Å²) in [5, 5.41) is 6.78. The van der Waals surface area contributed by atoms with Crippen LogP contribution < -0.4 is 15.4 Å². The van der Waals surface area contributed by atoms with Crippen LogP contribution in [0.15, 0.2) is 29.3 Å². The number of likely N-dealkylation sites (N-methyl/N-ethyl adjacent to an activating group) is 1. The average molecular weight is 378 g/mol. The Hall–Kier alpha value is -1.79. The first-order chi connectivity index (χ1) is 12.8. The highest BCUT2D eigenvalue weighted by Gasteiger charge is 2.12. The molecule has 0 aliphatic carbocycles. The summed E-state index contributed by atoms with van der Waals surface area (Å²) in [4.78, 5) is 8.90. The first kappa shape index (κ1) is 23.2. The second kappa shape index (κ2) is 12.6. The van der Waals surface area contributed by atoms with E-state index in [4.69, 9.17) is 4.74 Å². The van der Waals surface area contributed by atoms with Crippen molar-refractivity contribution < 1.29 is 4.74 Å². The molecule has 0 heterocycles. The molecule has 1 aromatic rings. The normalized spacial score (nSPS) is 12.3. The van der Waals surface area contributed by atoms with Crippen LogP contribution in [0.4, 0.5) is 0 Å². The van der Waals surface area contributed by atoms with Crippen molar-refractivity contribution in [2.45, 2.75) is 46.3 Å². The first-order valence-corrected chi connectivity index (χ1v) is 9.90. The maximum atomic E-state index is 5.81. The largest absolute Gasteiger partial charge is 0.492 e. The fourth-order valence-electron chi connectivity index (χ4n) is 2.91. The summed E-state index contributed by atoms with van der Waals surface area (Å²) in [6, 6.07) is 9.28. The molecule has 0 radical (unpaired) electrons. The smallest absolute Gasteiger partial charge is 0.191 e. The third-order valence-electron chi connectivity index (χ3n) is 4.38. The number of nitrogens with one attached hydrogen (secondary N) is 2. The maximum absolute atomic E-state index is 5.81. The van der Waals surface area contributed by atoms with E-state index in [9.17, 15) is 0 Å². The lowest BCUT2D eigenvalue weighted by Crippen LogP contribution is -2.45. The molecule has 1 rings (SSSR count). The molecule has 0 aliphatic heterocycles. The minimum Gasteiger partial charge on any atom is -0.492 e. The molecule has 0 fully saturated rings. The standard InChI is InChI=1S/C21H39N5O/c1-17(2)26(18(3)4)12-11-23-21(22-5)24-16-19-9-8-10-20(15-19)27-14-13-25(6)7/h8-10,15,17-18H,11-14,16H2,1-7H3,(H2,22,23,24). The van der Waals surface area contributed by atoms with Crippen molar-refractivity contribution in [1.29, 1.82) is 0 Å². The third-order valence-corrected chi connectivity index (χ3v) is 4.38. The second-order valence-corrected chi connectivity index (χ2v) is 7.58. The molecule has 0 saturated carbocycles. The molecule has 6 nitrogen and oxygen atoms in total. The number of hydrogen-bond donors (Lipinski definition) is 2. The van der Waals surface area contributed by atoms with Gasteiger partial charge >= 0.3 is 0 Å². The van der Waals surface area contributed by atoms with Gasteiger partial charge in [-0.1, -0.05) is 12.1 Å². The molecule has 0 spiro atoms. The van der Waals surface area contributed by atoms with Gasteiger partial charge in [-0.2, -0.15) is 0 Å². The lowest BCUT2D eigenvalue weighted by molar-refractivity contribution is 0.178. The maximum Gasteiger partial charge on any atom is 0.191 e. The average Bonchev–Trinajstić information content (AvgIpc) is 2.60. The van der Waals surface area contributed by atoms with Crippen LogP contribution in [0.5, 0.6) is 5.75 Å². The minimum atomic E-state index is 0.539. The van der Waals surface area contributed by atoms with E-state index in [-0.39, 0.29) is 0 Å². The van der Waals surface area contributed by atoms with Crippen LogP contribution in [0.3, 0.4) is 0 Å². The van der Waals surface area contributed by atoms with Gasteiger partial charge in [0.15, 0.2) is 5.96 Å². The third kappa shape index (κ3) is 9.63. The van der Waals surface area contributed by atoms with E-state index in [2.05, 4.69) is 65.3 Å². The van der Waals surface area contributed by atoms with Gasteiger partial charge in [0.2, 0.25) is 0 Å². The van der Waals surface area contributed by atoms with E-state index in [1.165, 1.54) is 5.56 Å². The molecule has 0 atom stereocenters. The molecule has 0 bridgehead atoms. The van der Waals surface area contributed by atoms with E-state index in [0.29, 0.717) is 25.2 Å². The summed E-state index contributed by atoms with van der Waals surface area (Å²) in [6.07, 6.45) is 0. The molecule has 0 aromatic heterocycles. The van der Waals surface area contributed by atoms with Crippen molar-refractivity contribution in [3.8, 4) is 5.75 Å². The predicted molar refractivity (Wildman–Crippen MR) is 116 cm³/mol. The Kier molecular flexibility index (Phi) is 10.8. The van der Waals surface area contributed by atoms with Crippen LogP contribution in [0.1, 0.15) is 33.3 Å². The zero-order chi connectivity index (χ0) is 20.2.